The molecular weight excluding hydrogens is 182 g/mol. The van der Waals surface area contributed by atoms with Crippen LogP contribution in [0, 0.1) is 11.3 Å². The van der Waals surface area contributed by atoms with E-state index in [9.17, 15) is 0 Å². The first-order valence-corrected chi connectivity index (χ1v) is 5.99. The van der Waals surface area contributed by atoms with Gasteiger partial charge in [-0.1, -0.05) is 31.1 Å². The molecule has 0 saturated heterocycles. The van der Waals surface area contributed by atoms with E-state index in [1.807, 2.05) is 6.92 Å². The minimum Gasteiger partial charge on any atom is -0.402 e. The van der Waals surface area contributed by atoms with Crippen molar-refractivity contribution in [2.45, 2.75) is 53.4 Å². The molecule has 1 nitrogen and oxygen atoms in total. The summed E-state index contributed by atoms with van der Waals surface area (Å²) in [7, 11) is 0. The van der Waals surface area contributed by atoms with Crippen LogP contribution in [0.4, 0.5) is 0 Å². The molecule has 0 aromatic rings. The fourth-order valence-electron chi connectivity index (χ4n) is 2.62. The number of rotatable bonds is 4. The van der Waals surface area contributed by atoms with Crippen LogP contribution >= 0.6 is 0 Å². The predicted molar refractivity (Wildman–Crippen MR) is 67.4 cm³/mol. The van der Waals surface area contributed by atoms with Gasteiger partial charge in [-0.15, -0.1) is 0 Å². The second-order valence-corrected chi connectivity index (χ2v) is 5.38. The second-order valence-electron chi connectivity index (χ2n) is 5.38. The van der Waals surface area contributed by atoms with Gasteiger partial charge in [0.15, 0.2) is 0 Å². The Morgan fingerprint density at radius 2 is 1.87 bits per heavy atom. The quantitative estimate of drug-likeness (QED) is 0.692. The molecule has 1 aliphatic carbocycles. The van der Waals surface area contributed by atoms with Crippen LogP contribution in [0.3, 0.4) is 0 Å². The summed E-state index contributed by atoms with van der Waals surface area (Å²) in [6.45, 7) is 12.8. The van der Waals surface area contributed by atoms with Crippen LogP contribution in [-0.4, -0.2) is 0 Å². The van der Waals surface area contributed by atoms with E-state index in [4.69, 9.17) is 5.73 Å². The van der Waals surface area contributed by atoms with Gasteiger partial charge in [-0.25, -0.2) is 0 Å². The summed E-state index contributed by atoms with van der Waals surface area (Å²) < 4.78 is 0. The highest BCUT2D eigenvalue weighted by molar-refractivity contribution is 5.21. The first-order valence-electron chi connectivity index (χ1n) is 5.99. The van der Waals surface area contributed by atoms with Gasteiger partial charge in [-0.3, -0.25) is 0 Å². The van der Waals surface area contributed by atoms with Crippen molar-refractivity contribution in [2.75, 3.05) is 0 Å². The highest BCUT2D eigenvalue weighted by Crippen LogP contribution is 2.55. The lowest BCUT2D eigenvalue weighted by molar-refractivity contribution is 0.0918. The lowest BCUT2D eigenvalue weighted by Gasteiger charge is -2.49. The fraction of sp³-hybridized carbons (Fsp3) is 0.714. The smallest absolute Gasteiger partial charge is 0.00383 e. The third kappa shape index (κ3) is 2.45. The Labute approximate surface area is 94.4 Å². The molecule has 0 heterocycles. The Hall–Kier alpha value is -0.720. The van der Waals surface area contributed by atoms with E-state index in [-0.39, 0.29) is 0 Å². The summed E-state index contributed by atoms with van der Waals surface area (Å²) in [4.78, 5) is 0. The largest absolute Gasteiger partial charge is 0.402 e. The zero-order chi connectivity index (χ0) is 11.6. The number of hydrogen-bond donors (Lipinski definition) is 1. The second kappa shape index (κ2) is 4.42. The third-order valence-corrected chi connectivity index (χ3v) is 4.12. The normalized spacial score (nSPS) is 31.9. The minimum absolute atomic E-state index is 0.366. The van der Waals surface area contributed by atoms with Crippen molar-refractivity contribution in [3.8, 4) is 0 Å². The molecule has 1 saturated carbocycles. The van der Waals surface area contributed by atoms with Gasteiger partial charge in [-0.2, -0.15) is 0 Å². The average molecular weight is 207 g/mol. The van der Waals surface area contributed by atoms with E-state index >= 15 is 0 Å². The lowest BCUT2D eigenvalue weighted by atomic mass is 9.56. The maximum Gasteiger partial charge on any atom is 0.00383 e. The van der Waals surface area contributed by atoms with Crippen molar-refractivity contribution in [2.24, 2.45) is 17.1 Å². The lowest BCUT2D eigenvalue weighted by Crippen LogP contribution is -2.38. The van der Waals surface area contributed by atoms with Crippen molar-refractivity contribution in [1.82, 2.24) is 0 Å². The molecule has 1 fully saturated rings. The van der Waals surface area contributed by atoms with Crippen LogP contribution in [0.1, 0.15) is 53.4 Å². The molecule has 0 aliphatic heterocycles. The summed E-state index contributed by atoms with van der Waals surface area (Å²) >= 11 is 0. The van der Waals surface area contributed by atoms with E-state index in [0.717, 1.165) is 18.0 Å². The monoisotopic (exact) mass is 207 g/mol. The molecule has 0 spiro atoms. The SMILES string of the molecule is C=C(C)C1(C/C(C)=C(/C)N)CC(CC)C1. The molecule has 1 aliphatic rings. The van der Waals surface area contributed by atoms with Gasteiger partial charge in [-0.05, 0) is 51.4 Å². The molecule has 0 atom stereocenters. The van der Waals surface area contributed by atoms with Gasteiger partial charge in [0.2, 0.25) is 0 Å². The summed E-state index contributed by atoms with van der Waals surface area (Å²) in [6, 6.07) is 0. The van der Waals surface area contributed by atoms with E-state index in [1.165, 1.54) is 30.4 Å². The van der Waals surface area contributed by atoms with Crippen LogP contribution in [0.15, 0.2) is 23.4 Å². The third-order valence-electron chi connectivity index (χ3n) is 4.12. The fourth-order valence-corrected chi connectivity index (χ4v) is 2.62. The Kier molecular flexibility index (Phi) is 3.64. The predicted octanol–water partition coefficient (Wildman–Crippen LogP) is 4.01. The van der Waals surface area contributed by atoms with E-state index < -0.39 is 0 Å². The molecule has 0 aromatic carbocycles. The molecule has 1 heteroatoms. The molecular formula is C14H25N. The molecule has 0 amide bonds. The Balaban J connectivity index is 2.71. The number of hydrogen-bond acceptors (Lipinski definition) is 1. The molecule has 1 rings (SSSR count). The Morgan fingerprint density at radius 3 is 2.20 bits per heavy atom. The van der Waals surface area contributed by atoms with Gasteiger partial charge in [0.05, 0.1) is 0 Å². The van der Waals surface area contributed by atoms with E-state index in [0.29, 0.717) is 5.41 Å². The summed E-state index contributed by atoms with van der Waals surface area (Å²) in [6.07, 6.45) is 5.04. The van der Waals surface area contributed by atoms with Gasteiger partial charge in [0, 0.05) is 5.70 Å². The number of allylic oxidation sites excluding steroid dienone is 3. The summed E-state index contributed by atoms with van der Waals surface area (Å²) in [5.74, 6) is 0.910. The topological polar surface area (TPSA) is 26.0 Å². The highest BCUT2D eigenvalue weighted by Gasteiger charge is 2.43. The van der Waals surface area contributed by atoms with Crippen molar-refractivity contribution in [3.05, 3.63) is 23.4 Å². The van der Waals surface area contributed by atoms with Crippen LogP contribution in [0.25, 0.3) is 0 Å². The van der Waals surface area contributed by atoms with Crippen LogP contribution in [0.5, 0.6) is 0 Å². The average Bonchev–Trinajstić information content (AvgIpc) is 2.09. The van der Waals surface area contributed by atoms with Crippen molar-refractivity contribution in [1.29, 1.82) is 0 Å². The molecule has 2 N–H and O–H groups in total. The number of nitrogens with two attached hydrogens (primary N) is 1. The van der Waals surface area contributed by atoms with Gasteiger partial charge < -0.3 is 5.73 Å². The van der Waals surface area contributed by atoms with E-state index in [2.05, 4.69) is 27.4 Å². The standard InChI is InChI=1S/C14H25N/c1-6-13-8-14(9-13,10(2)3)7-11(4)12(5)15/h13H,2,6-9,15H2,1,3-5H3/b12-11-. The van der Waals surface area contributed by atoms with Gasteiger partial charge in [0.25, 0.3) is 0 Å². The van der Waals surface area contributed by atoms with Crippen molar-refractivity contribution < 1.29 is 0 Å². The molecule has 86 valence electrons. The van der Waals surface area contributed by atoms with Crippen molar-refractivity contribution >= 4 is 0 Å². The first-order chi connectivity index (χ1) is 6.91. The molecule has 0 unspecified atom stereocenters. The van der Waals surface area contributed by atoms with Crippen LogP contribution in [0.2, 0.25) is 0 Å². The summed E-state index contributed by atoms with van der Waals surface area (Å²) in [5, 5.41) is 0. The molecule has 15 heavy (non-hydrogen) atoms. The molecule has 0 aromatic heterocycles. The summed E-state index contributed by atoms with van der Waals surface area (Å²) in [5.41, 5.74) is 9.87. The molecule has 0 radical (unpaired) electrons. The zero-order valence-electron chi connectivity index (χ0n) is 10.7. The maximum atomic E-state index is 5.84. The Bertz CT molecular complexity index is 276. The van der Waals surface area contributed by atoms with Crippen molar-refractivity contribution in [3.63, 3.8) is 0 Å². The van der Waals surface area contributed by atoms with Gasteiger partial charge >= 0.3 is 0 Å². The van der Waals surface area contributed by atoms with Crippen LogP contribution in [-0.2, 0) is 0 Å². The highest BCUT2D eigenvalue weighted by atomic mass is 14.6. The van der Waals surface area contributed by atoms with E-state index in [1.54, 1.807) is 0 Å². The maximum absolute atomic E-state index is 5.84. The zero-order valence-corrected chi connectivity index (χ0v) is 10.7. The van der Waals surface area contributed by atoms with Crippen LogP contribution < -0.4 is 5.73 Å². The molecule has 0 bridgehead atoms. The van der Waals surface area contributed by atoms with Gasteiger partial charge in [0.1, 0.15) is 0 Å². The first kappa shape index (κ1) is 12.4. The Morgan fingerprint density at radius 1 is 1.33 bits per heavy atom. The minimum atomic E-state index is 0.366.